The zero-order valence-electron chi connectivity index (χ0n) is 13.1. The Morgan fingerprint density at radius 3 is 2.35 bits per heavy atom. The van der Waals surface area contributed by atoms with Gasteiger partial charge in [0.2, 0.25) is 15.9 Å². The average Bonchev–Trinajstić information content (AvgIpc) is 3.09. The molecule has 7 nitrogen and oxygen atoms in total. The van der Waals surface area contributed by atoms with Crippen molar-refractivity contribution in [2.45, 2.75) is 10.1 Å². The molecule has 1 heterocycles. The summed E-state index contributed by atoms with van der Waals surface area (Å²) in [5.74, 6) is 0.331. The third kappa shape index (κ3) is 4.58. The van der Waals surface area contributed by atoms with Gasteiger partial charge in [-0.05, 0) is 36.4 Å². The first kappa shape index (κ1) is 18.8. The van der Waals surface area contributed by atoms with Crippen molar-refractivity contribution in [3.8, 4) is 11.5 Å². The molecule has 1 aromatic heterocycles. The van der Waals surface area contributed by atoms with Crippen LogP contribution in [-0.2, 0) is 10.0 Å². The van der Waals surface area contributed by atoms with Gasteiger partial charge in [0.25, 0.3) is 5.22 Å². The van der Waals surface area contributed by atoms with E-state index in [0.29, 0.717) is 11.1 Å². The van der Waals surface area contributed by atoms with Gasteiger partial charge >= 0.3 is 0 Å². The highest BCUT2D eigenvalue weighted by Gasteiger charge is 2.14. The largest absolute Gasteiger partial charge is 0.411 e. The van der Waals surface area contributed by atoms with Crippen LogP contribution in [0.5, 0.6) is 0 Å². The van der Waals surface area contributed by atoms with E-state index in [4.69, 9.17) is 9.56 Å². The van der Waals surface area contributed by atoms with Crippen molar-refractivity contribution >= 4 is 43.5 Å². The molecule has 2 aromatic carbocycles. The van der Waals surface area contributed by atoms with E-state index in [1.807, 2.05) is 0 Å². The van der Waals surface area contributed by atoms with Crippen LogP contribution in [0.1, 0.15) is 10.4 Å². The topological polar surface area (TPSA) is 116 Å². The molecule has 0 radical (unpaired) electrons. The number of aromatic nitrogens is 2. The molecule has 0 aliphatic carbocycles. The van der Waals surface area contributed by atoms with Crippen molar-refractivity contribution in [3.05, 3.63) is 58.6 Å². The van der Waals surface area contributed by atoms with Crippen molar-refractivity contribution in [2.75, 3.05) is 5.75 Å². The number of ketones is 1. The van der Waals surface area contributed by atoms with Crippen LogP contribution in [0.3, 0.4) is 0 Å². The van der Waals surface area contributed by atoms with Crippen molar-refractivity contribution in [2.24, 2.45) is 5.14 Å². The molecule has 0 spiro atoms. The highest BCUT2D eigenvalue weighted by atomic mass is 79.9. The highest BCUT2D eigenvalue weighted by molar-refractivity contribution is 9.10. The first-order valence-electron chi connectivity index (χ1n) is 7.21. The predicted molar refractivity (Wildman–Crippen MR) is 100 cm³/mol. The average molecular weight is 454 g/mol. The van der Waals surface area contributed by atoms with Gasteiger partial charge in [-0.1, -0.05) is 39.8 Å². The second-order valence-corrected chi connectivity index (χ2v) is 8.56. The third-order valence-corrected chi connectivity index (χ3v) is 5.61. The Morgan fingerprint density at radius 2 is 1.73 bits per heavy atom. The number of nitrogens with zero attached hydrogens (tertiary/aromatic N) is 2. The fraction of sp³-hybridized carbons (Fsp3) is 0.0625. The predicted octanol–water partition coefficient (Wildman–Crippen LogP) is 3.12. The lowest BCUT2D eigenvalue weighted by atomic mass is 10.2. The number of rotatable bonds is 6. The van der Waals surface area contributed by atoms with Crippen molar-refractivity contribution in [1.82, 2.24) is 10.2 Å². The minimum atomic E-state index is -3.76. The minimum absolute atomic E-state index is 0.00421. The van der Waals surface area contributed by atoms with Crippen molar-refractivity contribution in [1.29, 1.82) is 0 Å². The van der Waals surface area contributed by atoms with Gasteiger partial charge in [-0.15, -0.1) is 10.2 Å². The van der Waals surface area contributed by atoms with Crippen LogP contribution in [0, 0.1) is 0 Å². The molecule has 2 N–H and O–H groups in total. The van der Waals surface area contributed by atoms with E-state index >= 15 is 0 Å². The van der Waals surface area contributed by atoms with Gasteiger partial charge in [0.05, 0.1) is 10.6 Å². The maximum absolute atomic E-state index is 12.1. The van der Waals surface area contributed by atoms with Gasteiger partial charge < -0.3 is 4.42 Å². The van der Waals surface area contributed by atoms with Crippen LogP contribution in [0.4, 0.5) is 0 Å². The molecule has 3 aromatic rings. The molecule has 0 bridgehead atoms. The van der Waals surface area contributed by atoms with E-state index in [0.717, 1.165) is 16.2 Å². The fourth-order valence-electron chi connectivity index (χ4n) is 2.02. The van der Waals surface area contributed by atoms with Gasteiger partial charge in [0.15, 0.2) is 5.78 Å². The van der Waals surface area contributed by atoms with Crippen LogP contribution >= 0.6 is 27.7 Å². The molecule has 0 fully saturated rings. The lowest BCUT2D eigenvalue weighted by molar-refractivity contribution is 0.102. The number of primary sulfonamides is 1. The Bertz CT molecular complexity index is 1030. The number of halogens is 1. The van der Waals surface area contributed by atoms with E-state index < -0.39 is 10.0 Å². The first-order valence-corrected chi connectivity index (χ1v) is 10.5. The third-order valence-electron chi connectivity index (χ3n) is 3.33. The molecule has 134 valence electrons. The lowest BCUT2D eigenvalue weighted by Gasteiger charge is -1.99. The summed E-state index contributed by atoms with van der Waals surface area (Å²) < 4.78 is 28.9. The minimum Gasteiger partial charge on any atom is -0.411 e. The quantitative estimate of drug-likeness (QED) is 0.449. The summed E-state index contributed by atoms with van der Waals surface area (Å²) in [6.45, 7) is 0. The molecule has 0 saturated carbocycles. The fourth-order valence-corrected chi connectivity index (χ4v) is 3.46. The normalized spacial score (nSPS) is 11.5. The Hall–Kier alpha value is -2.01. The monoisotopic (exact) mass is 453 g/mol. The Kier molecular flexibility index (Phi) is 5.56. The number of sulfonamides is 1. The second-order valence-electron chi connectivity index (χ2n) is 5.16. The van der Waals surface area contributed by atoms with Gasteiger partial charge in [0, 0.05) is 15.6 Å². The van der Waals surface area contributed by atoms with Crippen molar-refractivity contribution < 1.29 is 17.6 Å². The molecule has 3 rings (SSSR count). The Labute approximate surface area is 162 Å². The summed E-state index contributed by atoms with van der Waals surface area (Å²) in [6.07, 6.45) is 0. The second kappa shape index (κ2) is 7.70. The summed E-state index contributed by atoms with van der Waals surface area (Å²) in [7, 11) is -3.76. The standard InChI is InChI=1S/C16H12BrN3O4S2/c17-12-5-1-10(2-6-12)14(21)9-25-16-20-19-15(24-16)11-3-7-13(8-4-11)26(18,22)23/h1-8H,9H2,(H2,18,22,23). The smallest absolute Gasteiger partial charge is 0.277 e. The van der Waals surface area contributed by atoms with E-state index in [1.165, 1.54) is 24.3 Å². The number of benzene rings is 2. The number of hydrogen-bond acceptors (Lipinski definition) is 7. The van der Waals surface area contributed by atoms with Crippen LogP contribution in [0.15, 0.2) is 67.5 Å². The van der Waals surface area contributed by atoms with E-state index in [2.05, 4.69) is 26.1 Å². The molecular weight excluding hydrogens is 442 g/mol. The van der Waals surface area contributed by atoms with Gasteiger partial charge in [0.1, 0.15) is 0 Å². The van der Waals surface area contributed by atoms with Crippen LogP contribution in [0.2, 0.25) is 0 Å². The van der Waals surface area contributed by atoms with Crippen LogP contribution in [0.25, 0.3) is 11.5 Å². The number of hydrogen-bond donors (Lipinski definition) is 1. The molecule has 0 atom stereocenters. The zero-order chi connectivity index (χ0) is 18.7. The van der Waals surface area contributed by atoms with Crippen LogP contribution < -0.4 is 5.14 Å². The number of Topliss-reactive ketones (excluding diaryl/α,β-unsaturated/α-hetero) is 1. The summed E-state index contributed by atoms with van der Waals surface area (Å²) in [5, 5.41) is 13.1. The molecular formula is C16H12BrN3O4S2. The molecule has 0 aliphatic heterocycles. The maximum atomic E-state index is 12.1. The van der Waals surface area contributed by atoms with Crippen molar-refractivity contribution in [3.63, 3.8) is 0 Å². The molecule has 0 unspecified atom stereocenters. The number of nitrogens with two attached hydrogens (primary N) is 1. The molecule has 0 aliphatic rings. The lowest BCUT2D eigenvalue weighted by Crippen LogP contribution is -2.11. The molecule has 0 amide bonds. The van der Waals surface area contributed by atoms with E-state index in [1.54, 1.807) is 24.3 Å². The maximum Gasteiger partial charge on any atom is 0.277 e. The summed E-state index contributed by atoms with van der Waals surface area (Å²) in [4.78, 5) is 12.1. The van der Waals surface area contributed by atoms with Gasteiger partial charge in [-0.25, -0.2) is 13.6 Å². The number of carbonyl (C=O) groups is 1. The Morgan fingerprint density at radius 1 is 1.08 bits per heavy atom. The SMILES string of the molecule is NS(=O)(=O)c1ccc(-c2nnc(SCC(=O)c3ccc(Br)cc3)o2)cc1. The zero-order valence-corrected chi connectivity index (χ0v) is 16.3. The molecule has 10 heteroatoms. The first-order chi connectivity index (χ1) is 12.3. The van der Waals surface area contributed by atoms with E-state index in [-0.39, 0.29) is 27.5 Å². The number of carbonyl (C=O) groups excluding carboxylic acids is 1. The van der Waals surface area contributed by atoms with Gasteiger partial charge in [-0.2, -0.15) is 0 Å². The molecule has 26 heavy (non-hydrogen) atoms. The van der Waals surface area contributed by atoms with Gasteiger partial charge in [-0.3, -0.25) is 4.79 Å². The van der Waals surface area contributed by atoms with Crippen LogP contribution in [-0.4, -0.2) is 30.2 Å². The summed E-state index contributed by atoms with van der Waals surface area (Å²) >= 11 is 4.45. The summed E-state index contributed by atoms with van der Waals surface area (Å²) in [5.41, 5.74) is 1.15. The number of thioether (sulfide) groups is 1. The summed E-state index contributed by atoms with van der Waals surface area (Å²) in [6, 6.07) is 12.8. The Balaban J connectivity index is 1.66. The molecule has 0 saturated heterocycles. The highest BCUT2D eigenvalue weighted by Crippen LogP contribution is 2.24. The van der Waals surface area contributed by atoms with E-state index in [9.17, 15) is 13.2 Å².